The zero-order valence-electron chi connectivity index (χ0n) is 6.45. The van der Waals surface area contributed by atoms with Crippen molar-refractivity contribution in [3.63, 3.8) is 0 Å². The van der Waals surface area contributed by atoms with E-state index in [4.69, 9.17) is 0 Å². The van der Waals surface area contributed by atoms with Crippen molar-refractivity contribution in [3.05, 3.63) is 5.32 Å². The summed E-state index contributed by atoms with van der Waals surface area (Å²) >= 11 is 0. The molecule has 0 aromatic rings. The predicted octanol–water partition coefficient (Wildman–Crippen LogP) is -7.82. The van der Waals surface area contributed by atoms with Crippen LogP contribution in [0.2, 0.25) is 0 Å². The van der Waals surface area contributed by atoms with E-state index in [0.29, 0.717) is 0 Å². The van der Waals surface area contributed by atoms with Crippen molar-refractivity contribution in [2.45, 2.75) is 19.3 Å². The van der Waals surface area contributed by atoms with E-state index in [-0.39, 0.29) is 66.7 Å². The van der Waals surface area contributed by atoms with Crippen molar-refractivity contribution < 1.29 is 43.7 Å². The fourth-order valence-electron chi connectivity index (χ4n) is 0.736. The van der Waals surface area contributed by atoms with Gasteiger partial charge in [0, 0.05) is 0 Å². The molecule has 1 nitrogen and oxygen atoms in total. The molecule has 0 aromatic heterocycles. The fraction of sp³-hybridized carbons (Fsp3) is 1.00. The minimum atomic E-state index is 0. The molecule has 0 aromatic carbocycles. The number of rotatable bonds is 0. The molecule has 0 aliphatic carbocycles. The largest absolute Gasteiger partial charge is 2.00 e. The van der Waals surface area contributed by atoms with Gasteiger partial charge < -0.3 is 30.1 Å². The minimum absolute atomic E-state index is 0. The molecule has 5 heteroatoms. The van der Waals surface area contributed by atoms with Gasteiger partial charge in [-0.05, 0) is 0 Å². The van der Waals surface area contributed by atoms with Gasteiger partial charge in [0.25, 0.3) is 0 Å². The fourth-order valence-corrected chi connectivity index (χ4v) is 0.736. The minimum Gasteiger partial charge on any atom is -1.00 e. The average Bonchev–Trinajstić information content (AvgIpc) is 1.72. The van der Waals surface area contributed by atoms with Gasteiger partial charge in [-0.25, -0.2) is 0 Å². The maximum Gasteiger partial charge on any atom is 2.00 e. The molecule has 1 aliphatic rings. The van der Waals surface area contributed by atoms with Gasteiger partial charge in [-0.2, -0.15) is 0 Å². The number of halogens is 2. The maximum atomic E-state index is 4.18. The second kappa shape index (κ2) is 17.1. The molecular formula is C5H10Cl2LiMgN. The van der Waals surface area contributed by atoms with Crippen LogP contribution in [-0.4, -0.2) is 36.1 Å². The molecule has 10 heavy (non-hydrogen) atoms. The van der Waals surface area contributed by atoms with Gasteiger partial charge in [-0.3, -0.25) is 0 Å². The average molecular weight is 186 g/mol. The van der Waals surface area contributed by atoms with E-state index >= 15 is 0 Å². The Morgan fingerprint density at radius 2 is 1.20 bits per heavy atom. The number of nitrogens with zero attached hydrogens (tertiary/aromatic N) is 1. The summed E-state index contributed by atoms with van der Waals surface area (Å²) in [6.07, 6.45) is 4.07. The Kier molecular flexibility index (Phi) is 38.8. The van der Waals surface area contributed by atoms with E-state index in [2.05, 4.69) is 5.32 Å². The number of hydrogen-bond donors (Lipinski definition) is 0. The van der Waals surface area contributed by atoms with Gasteiger partial charge in [-0.1, -0.05) is 19.3 Å². The van der Waals surface area contributed by atoms with Crippen molar-refractivity contribution >= 4 is 23.1 Å². The summed E-state index contributed by atoms with van der Waals surface area (Å²) in [5, 5.41) is 4.18. The third-order valence-corrected chi connectivity index (χ3v) is 1.13. The van der Waals surface area contributed by atoms with E-state index in [9.17, 15) is 0 Å². The molecule has 1 heterocycles. The van der Waals surface area contributed by atoms with Gasteiger partial charge in [-0.15, -0.1) is 13.1 Å². The zero-order chi connectivity index (χ0) is 4.24. The van der Waals surface area contributed by atoms with Crippen LogP contribution in [0.1, 0.15) is 19.3 Å². The first-order chi connectivity index (χ1) is 3.00. The molecule has 0 N–H and O–H groups in total. The van der Waals surface area contributed by atoms with Gasteiger partial charge >= 0.3 is 41.9 Å². The first kappa shape index (κ1) is 22.7. The van der Waals surface area contributed by atoms with Crippen LogP contribution >= 0.6 is 0 Å². The molecule has 1 aliphatic heterocycles. The van der Waals surface area contributed by atoms with Gasteiger partial charge in [0.1, 0.15) is 0 Å². The molecule has 0 radical (unpaired) electrons. The Balaban J connectivity index is -0.0000000450. The second-order valence-corrected chi connectivity index (χ2v) is 1.73. The topological polar surface area (TPSA) is 14.1 Å². The van der Waals surface area contributed by atoms with E-state index in [1.807, 2.05) is 0 Å². The molecule has 1 saturated heterocycles. The molecule has 0 bridgehead atoms. The standard InChI is InChI=1S/C5H10N.2ClH.Li.Mg/c1-2-4-6-5-3-1;;;;/h1-5H2;2*1H;;/q-1;;;+1;+2/p-2. The summed E-state index contributed by atoms with van der Waals surface area (Å²) in [6, 6.07) is 0. The molecule has 0 amide bonds. The summed E-state index contributed by atoms with van der Waals surface area (Å²) in [6.45, 7) is 2.25. The van der Waals surface area contributed by atoms with Crippen molar-refractivity contribution in [2.75, 3.05) is 13.1 Å². The normalized spacial score (nSPS) is 14.4. The smallest absolute Gasteiger partial charge is 1.00 e. The summed E-state index contributed by atoms with van der Waals surface area (Å²) in [4.78, 5) is 0. The third kappa shape index (κ3) is 12.6. The van der Waals surface area contributed by atoms with Crippen LogP contribution < -0.4 is 43.7 Å². The first-order valence-corrected chi connectivity index (χ1v) is 2.63. The van der Waals surface area contributed by atoms with E-state index < -0.39 is 0 Å². The quantitative estimate of drug-likeness (QED) is 0.334. The van der Waals surface area contributed by atoms with Crippen LogP contribution in [0, 0.1) is 0 Å². The summed E-state index contributed by atoms with van der Waals surface area (Å²) in [7, 11) is 0. The van der Waals surface area contributed by atoms with Gasteiger partial charge in [0.15, 0.2) is 0 Å². The van der Waals surface area contributed by atoms with Crippen molar-refractivity contribution in [1.82, 2.24) is 0 Å². The Labute approximate surface area is 104 Å². The van der Waals surface area contributed by atoms with Gasteiger partial charge in [0.2, 0.25) is 0 Å². The van der Waals surface area contributed by atoms with Crippen LogP contribution in [-0.2, 0) is 0 Å². The third-order valence-electron chi connectivity index (χ3n) is 1.13. The van der Waals surface area contributed by atoms with Gasteiger partial charge in [0.05, 0.1) is 0 Å². The molecule has 1 fully saturated rings. The summed E-state index contributed by atoms with van der Waals surface area (Å²) in [5.74, 6) is 0. The molecule has 1 rings (SSSR count). The van der Waals surface area contributed by atoms with E-state index in [1.54, 1.807) is 0 Å². The van der Waals surface area contributed by atoms with Crippen molar-refractivity contribution in [1.29, 1.82) is 0 Å². The molecular weight excluding hydrogens is 176 g/mol. The Bertz CT molecular complexity index is 35.1. The van der Waals surface area contributed by atoms with Crippen LogP contribution in [0.4, 0.5) is 0 Å². The van der Waals surface area contributed by atoms with Crippen LogP contribution in [0.5, 0.6) is 0 Å². The van der Waals surface area contributed by atoms with E-state index in [1.165, 1.54) is 19.3 Å². The molecule has 0 atom stereocenters. The summed E-state index contributed by atoms with van der Waals surface area (Å²) in [5.41, 5.74) is 0. The van der Waals surface area contributed by atoms with Crippen LogP contribution in [0.3, 0.4) is 0 Å². The molecule has 0 spiro atoms. The number of piperidine rings is 1. The Hall–Kier alpha value is 1.90. The molecule has 0 saturated carbocycles. The molecule has 52 valence electrons. The van der Waals surface area contributed by atoms with Crippen LogP contribution in [0.25, 0.3) is 5.32 Å². The Morgan fingerprint density at radius 3 is 1.30 bits per heavy atom. The zero-order valence-corrected chi connectivity index (χ0v) is 9.37. The molecule has 0 unspecified atom stereocenters. The number of hydrogen-bond acceptors (Lipinski definition) is 0. The first-order valence-electron chi connectivity index (χ1n) is 2.63. The monoisotopic (exact) mass is 185 g/mol. The van der Waals surface area contributed by atoms with Crippen molar-refractivity contribution in [3.8, 4) is 0 Å². The SMILES string of the molecule is C1CC[N-]CC1.[Cl-].[Cl-].[Li+].[Mg+2]. The van der Waals surface area contributed by atoms with E-state index in [0.717, 1.165) is 13.1 Å². The van der Waals surface area contributed by atoms with Crippen LogP contribution in [0.15, 0.2) is 0 Å². The predicted molar refractivity (Wildman–Crippen MR) is 32.7 cm³/mol. The second-order valence-electron chi connectivity index (χ2n) is 1.73. The Morgan fingerprint density at radius 1 is 0.800 bits per heavy atom. The van der Waals surface area contributed by atoms with Crippen molar-refractivity contribution in [2.24, 2.45) is 0 Å². The summed E-state index contributed by atoms with van der Waals surface area (Å²) < 4.78 is 0. The maximum absolute atomic E-state index is 4.18.